The Labute approximate surface area is 297 Å². The van der Waals surface area contributed by atoms with E-state index in [4.69, 9.17) is 24.2 Å². The number of ether oxygens (including phenoxy) is 1. The molecule has 1 unspecified atom stereocenters. The van der Waals surface area contributed by atoms with Gasteiger partial charge >= 0.3 is 13.8 Å². The molecule has 0 bridgehead atoms. The van der Waals surface area contributed by atoms with Gasteiger partial charge in [0.1, 0.15) is 17.6 Å². The van der Waals surface area contributed by atoms with Crippen molar-refractivity contribution in [3.8, 4) is 11.4 Å². The van der Waals surface area contributed by atoms with E-state index in [1.165, 1.54) is 5.06 Å². The molecule has 2 aliphatic rings. The first-order valence-corrected chi connectivity index (χ1v) is 18.8. The van der Waals surface area contributed by atoms with Crippen LogP contribution in [0.4, 0.5) is 10.6 Å². The van der Waals surface area contributed by atoms with E-state index in [1.807, 2.05) is 42.2 Å². The van der Waals surface area contributed by atoms with Gasteiger partial charge in [-0.15, -0.1) is 5.06 Å². The summed E-state index contributed by atoms with van der Waals surface area (Å²) in [6.07, 6.45) is 0.903. The molecule has 2 amide bonds. The summed E-state index contributed by atoms with van der Waals surface area (Å²) >= 11 is 0. The molecule has 2 aliphatic heterocycles. The molecule has 3 N–H and O–H groups in total. The summed E-state index contributed by atoms with van der Waals surface area (Å²) in [5.74, 6) is 0.0200. The van der Waals surface area contributed by atoms with E-state index in [1.54, 1.807) is 42.3 Å². The van der Waals surface area contributed by atoms with E-state index < -0.39 is 25.7 Å². The number of methoxy groups -OCH3 is 1. The third kappa shape index (κ3) is 10.8. The zero-order valence-corrected chi connectivity index (χ0v) is 29.7. The lowest BCUT2D eigenvalue weighted by molar-refractivity contribution is -0.154. The van der Waals surface area contributed by atoms with Gasteiger partial charge in [0.15, 0.2) is 5.82 Å². The third-order valence-electron chi connectivity index (χ3n) is 8.78. The number of piperazine rings is 1. The second kappa shape index (κ2) is 17.7. The maximum absolute atomic E-state index is 14.0. The van der Waals surface area contributed by atoms with Crippen LogP contribution in [0.3, 0.4) is 0 Å². The SMILES string of the molecule is CCCCOP(=O)(O)Cc1ccc(C[C@H](NC(=O)c2cc(N3CC[C@H](OC)C3)nc(-c3ccccc3)n2)C(=O)N2CCN(OC(=O)O)CC2)cc1. The van der Waals surface area contributed by atoms with E-state index in [-0.39, 0.29) is 63.1 Å². The molecule has 0 saturated carbocycles. The maximum atomic E-state index is 14.0. The van der Waals surface area contributed by atoms with E-state index in [9.17, 15) is 23.8 Å². The van der Waals surface area contributed by atoms with Gasteiger partial charge in [0, 0.05) is 51.3 Å². The summed E-state index contributed by atoms with van der Waals surface area (Å²) in [4.78, 5) is 67.1. The predicted molar refractivity (Wildman–Crippen MR) is 188 cm³/mol. The molecular weight excluding hydrogens is 679 g/mol. The first-order valence-electron chi connectivity index (χ1n) is 17.1. The fourth-order valence-corrected chi connectivity index (χ4v) is 7.14. The number of carbonyl (C=O) groups excluding carboxylic acids is 2. The molecule has 51 heavy (non-hydrogen) atoms. The number of nitrogens with zero attached hydrogens (tertiary/aromatic N) is 5. The van der Waals surface area contributed by atoms with Gasteiger partial charge < -0.3 is 39.2 Å². The standard InChI is InChI=1S/C35H45N6O9P/c1-3-4-20-49-51(46,47)24-26-12-10-25(11-13-26)21-30(34(43)39-16-18-41(19-17-39)50-35(44)45)37-33(42)29-22-31(40-15-14-28(23-40)48-2)38-32(36-29)27-8-6-5-7-9-27/h5-13,22,28,30H,3-4,14-21,23-24H2,1-2H3,(H,37,42)(H,44,45)(H,46,47)/t28-,30-/m0/s1. The van der Waals surface area contributed by atoms with Crippen LogP contribution in [0.15, 0.2) is 60.7 Å². The van der Waals surface area contributed by atoms with Crippen molar-refractivity contribution in [1.29, 1.82) is 0 Å². The van der Waals surface area contributed by atoms with Crippen LogP contribution in [-0.2, 0) is 36.0 Å². The van der Waals surface area contributed by atoms with E-state index >= 15 is 0 Å². The van der Waals surface area contributed by atoms with Gasteiger partial charge in [-0.3, -0.25) is 14.2 Å². The minimum Gasteiger partial charge on any atom is -0.448 e. The molecule has 3 atom stereocenters. The van der Waals surface area contributed by atoms with E-state index in [2.05, 4.69) is 10.3 Å². The number of carboxylic acid groups (broad SMARTS) is 1. The monoisotopic (exact) mass is 724 g/mol. The fraction of sp³-hybridized carbons (Fsp3) is 0.457. The fourth-order valence-electron chi connectivity index (χ4n) is 5.96. The normalized spacial score (nSPS) is 18.2. The van der Waals surface area contributed by atoms with Crippen molar-refractivity contribution in [1.82, 2.24) is 25.2 Å². The summed E-state index contributed by atoms with van der Waals surface area (Å²) in [6.45, 7) is 4.18. The smallest absolute Gasteiger partial charge is 0.448 e. The van der Waals surface area contributed by atoms with Crippen molar-refractivity contribution in [2.24, 2.45) is 0 Å². The first-order chi connectivity index (χ1) is 24.5. The Morgan fingerprint density at radius 1 is 1.00 bits per heavy atom. The number of unbranched alkanes of at least 4 members (excludes halogenated alkanes) is 1. The molecule has 274 valence electrons. The molecule has 5 rings (SSSR count). The Morgan fingerprint density at radius 2 is 1.71 bits per heavy atom. The summed E-state index contributed by atoms with van der Waals surface area (Å²) in [5.41, 5.74) is 2.13. The number of nitrogens with one attached hydrogen (secondary N) is 1. The molecule has 2 fully saturated rings. The molecular formula is C35H45N6O9P. The van der Waals surface area contributed by atoms with Gasteiger partial charge in [0.05, 0.1) is 32.0 Å². The highest BCUT2D eigenvalue weighted by atomic mass is 31.2. The molecule has 3 heterocycles. The van der Waals surface area contributed by atoms with Gasteiger partial charge in [-0.25, -0.2) is 14.8 Å². The average molecular weight is 725 g/mol. The van der Waals surface area contributed by atoms with Crippen LogP contribution in [0.2, 0.25) is 0 Å². The zero-order valence-electron chi connectivity index (χ0n) is 28.8. The number of rotatable bonds is 15. The number of aromatic nitrogens is 2. The van der Waals surface area contributed by atoms with E-state index in [0.717, 1.165) is 18.4 Å². The Hall–Kier alpha value is -4.40. The van der Waals surface area contributed by atoms with Crippen LogP contribution in [0.5, 0.6) is 0 Å². The molecule has 15 nitrogen and oxygen atoms in total. The Morgan fingerprint density at radius 3 is 2.35 bits per heavy atom. The highest BCUT2D eigenvalue weighted by Crippen LogP contribution is 2.45. The topological polar surface area (TPSA) is 184 Å². The minimum atomic E-state index is -3.82. The van der Waals surface area contributed by atoms with Gasteiger partial charge in [-0.05, 0) is 24.0 Å². The van der Waals surface area contributed by atoms with Crippen LogP contribution in [0, 0.1) is 0 Å². The molecule has 0 spiro atoms. The second-order valence-corrected chi connectivity index (χ2v) is 14.4. The Balaban J connectivity index is 1.38. The number of anilines is 1. The highest BCUT2D eigenvalue weighted by Gasteiger charge is 2.32. The van der Waals surface area contributed by atoms with Crippen LogP contribution in [0.25, 0.3) is 11.4 Å². The zero-order chi connectivity index (χ0) is 36.4. The maximum Gasteiger partial charge on any atom is 0.525 e. The van der Waals surface area contributed by atoms with Crippen molar-refractivity contribution in [2.75, 3.05) is 57.9 Å². The quantitative estimate of drug-likeness (QED) is 0.151. The summed E-state index contributed by atoms with van der Waals surface area (Å²) in [6, 6.07) is 16.9. The molecule has 0 radical (unpaired) electrons. The van der Waals surface area contributed by atoms with Crippen LogP contribution >= 0.6 is 7.60 Å². The van der Waals surface area contributed by atoms with Crippen LogP contribution in [0.1, 0.15) is 47.8 Å². The van der Waals surface area contributed by atoms with Crippen molar-refractivity contribution in [3.05, 3.63) is 77.5 Å². The summed E-state index contributed by atoms with van der Waals surface area (Å²) < 4.78 is 23.3. The lowest BCUT2D eigenvalue weighted by Gasteiger charge is -2.34. The molecule has 2 saturated heterocycles. The summed E-state index contributed by atoms with van der Waals surface area (Å²) in [7, 11) is -2.16. The molecule has 0 aliphatic carbocycles. The third-order valence-corrected chi connectivity index (χ3v) is 10.1. The second-order valence-electron chi connectivity index (χ2n) is 12.5. The lowest BCUT2D eigenvalue weighted by Crippen LogP contribution is -2.55. The lowest BCUT2D eigenvalue weighted by atomic mass is 10.0. The number of hydrogen-bond donors (Lipinski definition) is 3. The minimum absolute atomic E-state index is 0.0325. The first kappa shape index (κ1) is 37.8. The van der Waals surface area contributed by atoms with Crippen molar-refractivity contribution in [2.45, 2.75) is 50.9 Å². The number of carbonyl (C=O) groups is 3. The Bertz CT molecular complexity index is 1690. The molecule has 2 aromatic carbocycles. The predicted octanol–water partition coefficient (Wildman–Crippen LogP) is 3.97. The number of amides is 2. The molecule has 3 aromatic rings. The average Bonchev–Trinajstić information content (AvgIpc) is 3.62. The number of benzene rings is 2. The van der Waals surface area contributed by atoms with E-state index in [0.29, 0.717) is 42.3 Å². The van der Waals surface area contributed by atoms with Gasteiger partial charge in [0.25, 0.3) is 5.91 Å². The molecule has 16 heteroatoms. The number of hydrogen-bond acceptors (Lipinski definition) is 11. The van der Waals surface area contributed by atoms with Gasteiger partial charge in [-0.2, -0.15) is 0 Å². The Kier molecular flexibility index (Phi) is 13.1. The van der Waals surface area contributed by atoms with Crippen molar-refractivity contribution in [3.63, 3.8) is 0 Å². The van der Waals surface area contributed by atoms with Crippen molar-refractivity contribution >= 4 is 31.4 Å². The largest absolute Gasteiger partial charge is 0.525 e. The van der Waals surface area contributed by atoms with Gasteiger partial charge in [-0.1, -0.05) is 67.9 Å². The number of hydroxylamine groups is 2. The highest BCUT2D eigenvalue weighted by molar-refractivity contribution is 7.51. The van der Waals surface area contributed by atoms with Crippen LogP contribution in [-0.4, -0.2) is 113 Å². The molecule has 1 aromatic heterocycles. The van der Waals surface area contributed by atoms with Crippen molar-refractivity contribution < 1.29 is 43.0 Å². The van der Waals surface area contributed by atoms with Crippen LogP contribution < -0.4 is 10.2 Å². The van der Waals surface area contributed by atoms with Gasteiger partial charge in [0.2, 0.25) is 5.91 Å². The summed E-state index contributed by atoms with van der Waals surface area (Å²) in [5, 5.41) is 13.2.